The average Bonchev–Trinajstić information content (AvgIpc) is 2.65. The quantitative estimate of drug-likeness (QED) is 0.714. The van der Waals surface area contributed by atoms with E-state index in [4.69, 9.17) is 15.3 Å². The van der Waals surface area contributed by atoms with E-state index < -0.39 is 12.0 Å². The highest BCUT2D eigenvalue weighted by Gasteiger charge is 2.18. The zero-order valence-corrected chi connectivity index (χ0v) is 8.25. The number of aromatic hydroxyl groups is 1. The number of nitrogens with two attached hydrogens (primary N) is 1. The Morgan fingerprint density at radius 2 is 2.31 bits per heavy atom. The maximum atomic E-state index is 10.5. The van der Waals surface area contributed by atoms with Gasteiger partial charge in [-0.1, -0.05) is 6.07 Å². The molecule has 1 unspecified atom stereocenters. The van der Waals surface area contributed by atoms with Gasteiger partial charge in [-0.05, 0) is 6.07 Å². The summed E-state index contributed by atoms with van der Waals surface area (Å²) in [5.41, 5.74) is 6.72. The number of phenolic OH excluding ortho intramolecular Hbond substituents is 1. The number of phenols is 1. The Morgan fingerprint density at radius 3 is 3.00 bits per heavy atom. The third kappa shape index (κ3) is 1.70. The molecule has 6 nitrogen and oxygen atoms in total. The first-order chi connectivity index (χ1) is 7.59. The van der Waals surface area contributed by atoms with Gasteiger partial charge >= 0.3 is 5.97 Å². The second kappa shape index (κ2) is 3.82. The van der Waals surface area contributed by atoms with Gasteiger partial charge in [0.2, 0.25) is 0 Å². The molecule has 0 radical (unpaired) electrons. The van der Waals surface area contributed by atoms with Crippen molar-refractivity contribution in [2.24, 2.45) is 5.73 Å². The maximum Gasteiger partial charge on any atom is 0.305 e. The molecule has 4 N–H and O–H groups in total. The molecular formula is C10H10N2O4. The Hall–Kier alpha value is -2.08. The molecule has 0 amide bonds. The van der Waals surface area contributed by atoms with Gasteiger partial charge in [-0.25, -0.2) is 4.98 Å². The standard InChI is InChI=1S/C10H10N2O4/c11-6(3-8(13)14)5-1-2-7-10(9(5)15)16-4-12-7/h1-2,4,6,15H,3,11H2,(H,13,14). The summed E-state index contributed by atoms with van der Waals surface area (Å²) in [5, 5.41) is 18.4. The zero-order valence-electron chi connectivity index (χ0n) is 8.25. The molecule has 2 aromatic rings. The second-order valence-corrected chi connectivity index (χ2v) is 3.41. The summed E-state index contributed by atoms with van der Waals surface area (Å²) >= 11 is 0. The summed E-state index contributed by atoms with van der Waals surface area (Å²) in [4.78, 5) is 14.4. The minimum absolute atomic E-state index is 0.149. The van der Waals surface area contributed by atoms with E-state index in [0.717, 1.165) is 0 Å². The predicted octanol–water partition coefficient (Wildman–Crippen LogP) is 1.01. The lowest BCUT2D eigenvalue weighted by Crippen LogP contribution is -2.15. The van der Waals surface area contributed by atoms with Gasteiger partial charge in [0.25, 0.3) is 0 Å². The summed E-state index contributed by atoms with van der Waals surface area (Å²) in [7, 11) is 0. The van der Waals surface area contributed by atoms with Gasteiger partial charge in [0.1, 0.15) is 5.52 Å². The van der Waals surface area contributed by atoms with Gasteiger partial charge in [-0.3, -0.25) is 4.79 Å². The number of oxazole rings is 1. The molecule has 1 aromatic heterocycles. The third-order valence-electron chi connectivity index (χ3n) is 2.30. The minimum Gasteiger partial charge on any atom is -0.504 e. The third-order valence-corrected chi connectivity index (χ3v) is 2.30. The molecule has 6 heteroatoms. The van der Waals surface area contributed by atoms with Crippen LogP contribution in [0.4, 0.5) is 0 Å². The number of hydrogen-bond donors (Lipinski definition) is 3. The van der Waals surface area contributed by atoms with E-state index in [1.807, 2.05) is 0 Å². The van der Waals surface area contributed by atoms with E-state index in [1.54, 1.807) is 12.1 Å². The van der Waals surface area contributed by atoms with Crippen LogP contribution in [0.1, 0.15) is 18.0 Å². The molecule has 1 aromatic carbocycles. The van der Waals surface area contributed by atoms with Crippen LogP contribution in [-0.4, -0.2) is 21.2 Å². The lowest BCUT2D eigenvalue weighted by atomic mass is 10.0. The number of carbonyl (C=O) groups is 1. The minimum atomic E-state index is -1.02. The van der Waals surface area contributed by atoms with Gasteiger partial charge in [-0.2, -0.15) is 0 Å². The molecule has 0 saturated heterocycles. The van der Waals surface area contributed by atoms with Crippen LogP contribution in [0.15, 0.2) is 22.9 Å². The molecule has 1 heterocycles. The lowest BCUT2D eigenvalue weighted by Gasteiger charge is -2.10. The van der Waals surface area contributed by atoms with Crippen molar-refractivity contribution in [1.29, 1.82) is 0 Å². The molecule has 0 saturated carbocycles. The van der Waals surface area contributed by atoms with E-state index >= 15 is 0 Å². The number of rotatable bonds is 3. The molecule has 0 fully saturated rings. The monoisotopic (exact) mass is 222 g/mol. The molecule has 0 aliphatic carbocycles. The fourth-order valence-corrected chi connectivity index (χ4v) is 1.53. The second-order valence-electron chi connectivity index (χ2n) is 3.41. The van der Waals surface area contributed by atoms with Crippen molar-refractivity contribution in [1.82, 2.24) is 4.98 Å². The molecule has 2 rings (SSSR count). The molecule has 0 aliphatic heterocycles. The number of carboxylic acids is 1. The molecule has 0 spiro atoms. The number of fused-ring (bicyclic) bond motifs is 1. The zero-order chi connectivity index (χ0) is 11.7. The highest BCUT2D eigenvalue weighted by atomic mass is 16.4. The van der Waals surface area contributed by atoms with Gasteiger partial charge in [0.15, 0.2) is 17.7 Å². The van der Waals surface area contributed by atoms with E-state index in [2.05, 4.69) is 4.98 Å². The Labute approximate surface area is 90.3 Å². The number of benzene rings is 1. The van der Waals surface area contributed by atoms with Crippen LogP contribution in [0.2, 0.25) is 0 Å². The normalized spacial score (nSPS) is 12.8. The van der Waals surface area contributed by atoms with Crippen LogP contribution in [0, 0.1) is 0 Å². The highest BCUT2D eigenvalue weighted by molar-refractivity contribution is 5.81. The van der Waals surface area contributed by atoms with Crippen molar-refractivity contribution in [2.75, 3.05) is 0 Å². The number of aromatic nitrogens is 1. The maximum absolute atomic E-state index is 10.5. The topological polar surface area (TPSA) is 110 Å². The molecule has 0 bridgehead atoms. The summed E-state index contributed by atoms with van der Waals surface area (Å²) in [6, 6.07) is 2.40. The van der Waals surface area contributed by atoms with E-state index in [-0.39, 0.29) is 17.8 Å². The summed E-state index contributed by atoms with van der Waals surface area (Å²) in [6.07, 6.45) is 0.949. The number of carboxylic acid groups (broad SMARTS) is 1. The van der Waals surface area contributed by atoms with E-state index in [9.17, 15) is 9.90 Å². The predicted molar refractivity (Wildman–Crippen MR) is 54.9 cm³/mol. The number of hydrogen-bond acceptors (Lipinski definition) is 5. The smallest absolute Gasteiger partial charge is 0.305 e. The van der Waals surface area contributed by atoms with Crippen molar-refractivity contribution in [3.8, 4) is 5.75 Å². The largest absolute Gasteiger partial charge is 0.504 e. The fourth-order valence-electron chi connectivity index (χ4n) is 1.53. The van der Waals surface area contributed by atoms with Crippen LogP contribution >= 0.6 is 0 Å². The SMILES string of the molecule is NC(CC(=O)O)c1ccc2ncoc2c1O. The van der Waals surface area contributed by atoms with Gasteiger partial charge in [0.05, 0.1) is 6.42 Å². The number of aliphatic carboxylic acids is 1. The Kier molecular flexibility index (Phi) is 2.49. The Balaban J connectivity index is 2.44. The van der Waals surface area contributed by atoms with E-state index in [1.165, 1.54) is 6.39 Å². The first kappa shape index (κ1) is 10.4. The number of nitrogens with zero attached hydrogens (tertiary/aromatic N) is 1. The van der Waals surface area contributed by atoms with Crippen molar-refractivity contribution in [3.05, 3.63) is 24.1 Å². The first-order valence-electron chi connectivity index (χ1n) is 4.62. The summed E-state index contributed by atoms with van der Waals surface area (Å²) in [5.74, 6) is -1.17. The van der Waals surface area contributed by atoms with Crippen molar-refractivity contribution < 1.29 is 19.4 Å². The van der Waals surface area contributed by atoms with Crippen molar-refractivity contribution in [2.45, 2.75) is 12.5 Å². The summed E-state index contributed by atoms with van der Waals surface area (Å²) in [6.45, 7) is 0. The van der Waals surface area contributed by atoms with Crippen molar-refractivity contribution >= 4 is 17.1 Å². The summed E-state index contributed by atoms with van der Waals surface area (Å²) < 4.78 is 4.98. The van der Waals surface area contributed by atoms with Gasteiger partial charge in [0, 0.05) is 11.6 Å². The first-order valence-corrected chi connectivity index (χ1v) is 4.62. The van der Waals surface area contributed by atoms with Crippen LogP contribution in [0.3, 0.4) is 0 Å². The lowest BCUT2D eigenvalue weighted by molar-refractivity contribution is -0.137. The molecule has 1 atom stereocenters. The van der Waals surface area contributed by atoms with Gasteiger partial charge in [-0.15, -0.1) is 0 Å². The van der Waals surface area contributed by atoms with Crippen molar-refractivity contribution in [3.63, 3.8) is 0 Å². The molecular weight excluding hydrogens is 212 g/mol. The molecule has 16 heavy (non-hydrogen) atoms. The highest BCUT2D eigenvalue weighted by Crippen LogP contribution is 2.32. The molecule has 84 valence electrons. The fraction of sp³-hybridized carbons (Fsp3) is 0.200. The molecule has 0 aliphatic rings. The van der Waals surface area contributed by atoms with Crippen LogP contribution in [-0.2, 0) is 4.79 Å². The Bertz CT molecular complexity index is 535. The average molecular weight is 222 g/mol. The van der Waals surface area contributed by atoms with Crippen LogP contribution in [0.5, 0.6) is 5.75 Å². The Morgan fingerprint density at radius 1 is 1.56 bits per heavy atom. The van der Waals surface area contributed by atoms with Crippen LogP contribution < -0.4 is 5.73 Å². The van der Waals surface area contributed by atoms with Gasteiger partial charge < -0.3 is 20.4 Å². The van der Waals surface area contributed by atoms with E-state index in [0.29, 0.717) is 11.1 Å². The van der Waals surface area contributed by atoms with Crippen LogP contribution in [0.25, 0.3) is 11.1 Å².